The zero-order valence-electron chi connectivity index (χ0n) is 17.3. The van der Waals surface area contributed by atoms with Crippen molar-refractivity contribution in [2.75, 3.05) is 0 Å². The van der Waals surface area contributed by atoms with E-state index >= 15 is 0 Å². The molecule has 0 saturated carbocycles. The minimum absolute atomic E-state index is 0.00387. The molecule has 5 heteroatoms. The fraction of sp³-hybridized carbons (Fsp3) is 1.00. The van der Waals surface area contributed by atoms with Crippen molar-refractivity contribution in [2.24, 2.45) is 28.4 Å². The first-order chi connectivity index (χ1) is 11.8. The van der Waals surface area contributed by atoms with Gasteiger partial charge in [0.2, 0.25) is 0 Å². The first-order valence-corrected chi connectivity index (χ1v) is 10.1. The van der Waals surface area contributed by atoms with E-state index in [1.54, 1.807) is 0 Å². The summed E-state index contributed by atoms with van der Waals surface area (Å²) >= 11 is 0. The van der Waals surface area contributed by atoms with E-state index in [0.29, 0.717) is 26.7 Å². The third kappa shape index (κ3) is 3.87. The molecule has 2 heterocycles. The molecule has 0 aliphatic carbocycles. The molecule has 0 aromatic rings. The average Bonchev–Trinajstić information content (AvgIpc) is 2.60. The topological polar surface area (TPSA) is 40.0 Å². The van der Waals surface area contributed by atoms with Gasteiger partial charge in [0.05, 0.1) is 30.5 Å². The predicted octanol–water partition coefficient (Wildman–Crippen LogP) is 4.94. The van der Waals surface area contributed by atoms with E-state index in [2.05, 4.69) is 53.2 Å². The van der Waals surface area contributed by atoms with Crippen molar-refractivity contribution in [1.29, 1.82) is 1.28 Å². The highest BCUT2D eigenvalue weighted by Crippen LogP contribution is 2.40. The third-order valence-corrected chi connectivity index (χ3v) is 6.77. The Labute approximate surface area is 151 Å². The van der Waals surface area contributed by atoms with E-state index in [1.165, 1.54) is 0 Å². The van der Waals surface area contributed by atoms with Crippen molar-refractivity contribution in [2.45, 2.75) is 98.1 Å². The van der Waals surface area contributed by atoms with E-state index in [1.807, 2.05) is 0 Å². The number of ether oxygens (including phenoxy) is 3. The molecule has 2 aliphatic rings. The van der Waals surface area contributed by atoms with Crippen LogP contribution in [0.5, 0.6) is 0 Å². The van der Waals surface area contributed by atoms with Crippen molar-refractivity contribution in [1.82, 2.24) is 0 Å². The smallest absolute Gasteiger partial charge is 0.161 e. The molecule has 0 radical (unpaired) electrons. The molecule has 4 unspecified atom stereocenters. The van der Waals surface area contributed by atoms with Crippen molar-refractivity contribution in [3.05, 3.63) is 0 Å². The van der Waals surface area contributed by atoms with Crippen LogP contribution in [-0.4, -0.2) is 38.0 Å². The quantitative estimate of drug-likeness (QED) is 0.652. The van der Waals surface area contributed by atoms with Gasteiger partial charge >= 0.3 is 0 Å². The van der Waals surface area contributed by atoms with Crippen LogP contribution in [0.1, 0.15) is 61.3 Å². The van der Waals surface area contributed by atoms with E-state index in [-0.39, 0.29) is 42.7 Å². The van der Waals surface area contributed by atoms with Crippen molar-refractivity contribution < 1.29 is 14.2 Å². The summed E-state index contributed by atoms with van der Waals surface area (Å²) < 4.78 is 31.0. The van der Waals surface area contributed by atoms with Gasteiger partial charge in [0, 0.05) is 11.8 Å². The summed E-state index contributed by atoms with van der Waals surface area (Å²) in [4.78, 5) is 0. The van der Waals surface area contributed by atoms with Gasteiger partial charge < -0.3 is 14.2 Å². The second-order valence-corrected chi connectivity index (χ2v) is 8.11. The molecule has 0 aromatic carbocycles. The lowest BCUT2D eigenvalue weighted by Gasteiger charge is -2.48. The molecular weight excluding hydrogens is 321 g/mol. The molecule has 2 rings (SSSR count). The van der Waals surface area contributed by atoms with Crippen LogP contribution in [0.4, 0.5) is 0 Å². The number of nitrogens with zero attached hydrogens (tertiary/aromatic N) is 1. The van der Waals surface area contributed by atoms with Gasteiger partial charge in [0.1, 0.15) is 1.28 Å². The minimum Gasteiger partial charge on any atom is -0.370 e. The molecule has 4 nitrogen and oxygen atoms in total. The fourth-order valence-corrected chi connectivity index (χ4v) is 4.80. The standard InChI is InChI=1S/C19H36NO3P/c1-8-15-11(4)10(3)12(5)19(22-15)23-18-13(6)17(20-24)14(7)21-16(18)9-2/h10-19,24H,8-9H2,1-7H3/t10-,11-,12?,13+,14-,15?,16?,17?,18-,19-/m0/s1. The van der Waals surface area contributed by atoms with Crippen LogP contribution in [0.2, 0.25) is 0 Å². The summed E-state index contributed by atoms with van der Waals surface area (Å²) in [6.45, 7) is 15.4. The van der Waals surface area contributed by atoms with Crippen molar-refractivity contribution >= 4 is 8.98 Å². The predicted molar refractivity (Wildman–Crippen MR) is 99.6 cm³/mol. The van der Waals surface area contributed by atoms with Gasteiger partial charge in [-0.15, -0.1) is 0 Å². The molecule has 24 heavy (non-hydrogen) atoms. The fourth-order valence-electron chi connectivity index (χ4n) is 4.40. The molecule has 0 spiro atoms. The van der Waals surface area contributed by atoms with E-state index < -0.39 is 0 Å². The highest BCUT2D eigenvalue weighted by Gasteiger charge is 2.46. The number of rotatable bonds is 5. The van der Waals surface area contributed by atoms with Gasteiger partial charge in [0.15, 0.2) is 6.29 Å². The Hall–Kier alpha value is -0.0200. The molecule has 2 saturated heterocycles. The second kappa shape index (κ2) is 8.58. The maximum absolute atomic E-state index is 7.45. The Bertz CT molecular complexity index is 450. The van der Waals surface area contributed by atoms with Crippen LogP contribution in [-0.2, 0) is 14.2 Å². The van der Waals surface area contributed by atoms with Gasteiger partial charge in [-0.25, -0.2) is 0 Å². The van der Waals surface area contributed by atoms with Crippen LogP contribution in [0.15, 0.2) is 4.74 Å². The average molecular weight is 360 g/mol. The molecule has 2 aliphatic heterocycles. The molecule has 10 atom stereocenters. The maximum Gasteiger partial charge on any atom is 0.161 e. The van der Waals surface area contributed by atoms with Crippen LogP contribution in [0, 0.1) is 23.7 Å². The summed E-state index contributed by atoms with van der Waals surface area (Å²) in [6.07, 6.45) is 2.04. The Morgan fingerprint density at radius 1 is 0.917 bits per heavy atom. The second-order valence-electron chi connectivity index (χ2n) is 7.88. The van der Waals surface area contributed by atoms with E-state index in [4.69, 9.17) is 15.5 Å². The largest absolute Gasteiger partial charge is 0.370 e. The van der Waals surface area contributed by atoms with Gasteiger partial charge in [-0.2, -0.15) is 0 Å². The Morgan fingerprint density at radius 2 is 1.58 bits per heavy atom. The van der Waals surface area contributed by atoms with Crippen molar-refractivity contribution in [3.8, 4) is 0 Å². The SMILES string of the molecule is [4H]/P=N\C1[C@H](C)OC(CC)[C@@H](O[C@@H]2OC(CC)[C@@H](C)[C@H](C)C2C)[C@@H]1C. The third-order valence-electron chi connectivity index (χ3n) is 6.51. The zero-order chi connectivity index (χ0) is 18.7. The van der Waals surface area contributed by atoms with Gasteiger partial charge in [-0.1, -0.05) is 41.5 Å². The monoisotopic (exact) mass is 360 g/mol. The minimum atomic E-state index is -0.191. The first-order valence-electron chi connectivity index (χ1n) is 10.1. The number of hydrogen-bond acceptors (Lipinski definition) is 4. The first kappa shape index (κ1) is 18.8. The summed E-state index contributed by atoms with van der Waals surface area (Å²) in [7, 11) is 0.314. The lowest BCUT2D eigenvalue weighted by molar-refractivity contribution is -0.295. The zero-order valence-corrected chi connectivity index (χ0v) is 17.2. The number of hydrogen-bond donors (Lipinski definition) is 0. The Kier molecular flexibility index (Phi) is 6.70. The Balaban J connectivity index is 2.17. The van der Waals surface area contributed by atoms with Gasteiger partial charge in [-0.05, 0) is 40.6 Å². The maximum atomic E-state index is 7.45. The van der Waals surface area contributed by atoms with Crippen LogP contribution in [0.25, 0.3) is 0 Å². The Morgan fingerprint density at radius 3 is 2.17 bits per heavy atom. The molecule has 0 aromatic heterocycles. The summed E-state index contributed by atoms with van der Waals surface area (Å²) in [6, 6.07) is 0.00387. The molecule has 0 bridgehead atoms. The van der Waals surface area contributed by atoms with Gasteiger partial charge in [-0.3, -0.25) is 4.74 Å². The lowest BCUT2D eigenvalue weighted by atomic mass is 9.78. The highest BCUT2D eigenvalue weighted by atomic mass is 31.0. The van der Waals surface area contributed by atoms with Crippen molar-refractivity contribution in [3.63, 3.8) is 0 Å². The lowest BCUT2D eigenvalue weighted by Crippen LogP contribution is -2.55. The summed E-state index contributed by atoms with van der Waals surface area (Å²) in [5, 5.41) is 0. The van der Waals surface area contributed by atoms with E-state index in [0.717, 1.165) is 12.8 Å². The molecule has 0 N–H and O–H groups in total. The molecule has 0 amide bonds. The normalized spacial score (nSPS) is 50.9. The van der Waals surface area contributed by atoms with E-state index in [9.17, 15) is 0 Å². The summed E-state index contributed by atoms with van der Waals surface area (Å²) in [5.74, 6) is 1.69. The summed E-state index contributed by atoms with van der Waals surface area (Å²) in [5.41, 5.74) is 0. The molecule has 2 fully saturated rings. The highest BCUT2D eigenvalue weighted by molar-refractivity contribution is 7.04. The molecular formula is C19H36NO3P. The molecule has 140 valence electrons. The van der Waals surface area contributed by atoms with Gasteiger partial charge in [0.25, 0.3) is 0 Å². The van der Waals surface area contributed by atoms with Crippen LogP contribution in [0.3, 0.4) is 0 Å². The van der Waals surface area contributed by atoms with Crippen LogP contribution < -0.4 is 0 Å². The van der Waals surface area contributed by atoms with Crippen LogP contribution >= 0.6 is 8.98 Å².